The quantitative estimate of drug-likeness (QED) is 0.815. The zero-order valence-corrected chi connectivity index (χ0v) is 11.2. The van der Waals surface area contributed by atoms with Crippen LogP contribution in [0, 0.1) is 5.92 Å². The summed E-state index contributed by atoms with van der Waals surface area (Å²) in [6.45, 7) is 8.24. The Balaban J connectivity index is 1.66. The van der Waals surface area contributed by atoms with E-state index < -0.39 is 0 Å². The van der Waals surface area contributed by atoms with E-state index in [2.05, 4.69) is 22.1 Å². The van der Waals surface area contributed by atoms with Crippen LogP contribution in [-0.4, -0.2) is 43.5 Å². The molecule has 2 rings (SSSR count). The molecule has 0 radical (unpaired) electrons. The zero-order valence-electron chi connectivity index (χ0n) is 11.2. The summed E-state index contributed by atoms with van der Waals surface area (Å²) in [6, 6.07) is 0. The molecule has 1 N–H and O–H groups in total. The van der Waals surface area contributed by atoms with Gasteiger partial charge in [-0.3, -0.25) is 4.99 Å². The molecule has 17 heavy (non-hydrogen) atoms. The summed E-state index contributed by atoms with van der Waals surface area (Å²) in [7, 11) is 0. The Labute approximate surface area is 106 Å². The van der Waals surface area contributed by atoms with Crippen LogP contribution in [0.25, 0.3) is 0 Å². The Morgan fingerprint density at radius 2 is 2.06 bits per heavy atom. The second-order valence-electron chi connectivity index (χ2n) is 5.40. The largest absolute Gasteiger partial charge is 0.374 e. The van der Waals surface area contributed by atoms with Gasteiger partial charge in [0.1, 0.15) is 0 Å². The third-order valence-corrected chi connectivity index (χ3v) is 4.12. The molecule has 3 nitrogen and oxygen atoms in total. The summed E-state index contributed by atoms with van der Waals surface area (Å²) < 4.78 is 0. The SMILES string of the molecule is CCN1CCC(CNC2=NCCCCC2)CC1. The van der Waals surface area contributed by atoms with Gasteiger partial charge in [0.2, 0.25) is 0 Å². The number of aliphatic imine (C=N–C) groups is 1. The number of nitrogens with one attached hydrogen (secondary N) is 1. The highest BCUT2D eigenvalue weighted by Crippen LogP contribution is 2.16. The summed E-state index contributed by atoms with van der Waals surface area (Å²) >= 11 is 0. The van der Waals surface area contributed by atoms with Crippen LogP contribution >= 0.6 is 0 Å². The van der Waals surface area contributed by atoms with Crippen LogP contribution in [0.3, 0.4) is 0 Å². The summed E-state index contributed by atoms with van der Waals surface area (Å²) in [5.74, 6) is 2.14. The summed E-state index contributed by atoms with van der Waals surface area (Å²) in [5, 5.41) is 3.60. The van der Waals surface area contributed by atoms with Crippen LogP contribution in [0.2, 0.25) is 0 Å². The molecule has 2 heterocycles. The van der Waals surface area contributed by atoms with Gasteiger partial charge in [-0.05, 0) is 51.2 Å². The first-order valence-electron chi connectivity index (χ1n) is 7.38. The second-order valence-corrected chi connectivity index (χ2v) is 5.40. The molecule has 1 fully saturated rings. The molecule has 3 heteroatoms. The van der Waals surface area contributed by atoms with E-state index in [-0.39, 0.29) is 0 Å². The lowest BCUT2D eigenvalue weighted by atomic mass is 9.97. The Kier molecular flexibility index (Phi) is 5.30. The first kappa shape index (κ1) is 12.9. The van der Waals surface area contributed by atoms with Crippen molar-refractivity contribution in [2.45, 2.75) is 45.4 Å². The third-order valence-electron chi connectivity index (χ3n) is 4.12. The molecule has 0 aromatic rings. The van der Waals surface area contributed by atoms with Crippen LogP contribution < -0.4 is 5.32 Å². The minimum atomic E-state index is 0.865. The first-order valence-corrected chi connectivity index (χ1v) is 7.38. The monoisotopic (exact) mass is 237 g/mol. The molecule has 0 unspecified atom stereocenters. The number of nitrogens with zero attached hydrogens (tertiary/aromatic N) is 2. The van der Waals surface area contributed by atoms with Gasteiger partial charge < -0.3 is 10.2 Å². The molecule has 0 aromatic carbocycles. The number of likely N-dealkylation sites (tertiary alicyclic amines) is 1. The van der Waals surface area contributed by atoms with Crippen molar-refractivity contribution < 1.29 is 0 Å². The maximum absolute atomic E-state index is 4.63. The maximum Gasteiger partial charge on any atom is 0.0963 e. The number of piperidine rings is 1. The fourth-order valence-electron chi connectivity index (χ4n) is 2.79. The van der Waals surface area contributed by atoms with Crippen molar-refractivity contribution in [3.63, 3.8) is 0 Å². The highest BCUT2D eigenvalue weighted by molar-refractivity contribution is 5.82. The fraction of sp³-hybridized carbons (Fsp3) is 0.929. The van der Waals surface area contributed by atoms with Gasteiger partial charge in [0.05, 0.1) is 5.84 Å². The van der Waals surface area contributed by atoms with E-state index in [4.69, 9.17) is 0 Å². The van der Waals surface area contributed by atoms with Crippen molar-refractivity contribution in [2.24, 2.45) is 10.9 Å². The van der Waals surface area contributed by atoms with Crippen molar-refractivity contribution in [3.05, 3.63) is 0 Å². The van der Waals surface area contributed by atoms with E-state index in [9.17, 15) is 0 Å². The summed E-state index contributed by atoms with van der Waals surface area (Å²) in [4.78, 5) is 7.19. The zero-order chi connectivity index (χ0) is 11.9. The van der Waals surface area contributed by atoms with Crippen molar-refractivity contribution >= 4 is 5.84 Å². The maximum atomic E-state index is 4.63. The highest BCUT2D eigenvalue weighted by atomic mass is 15.1. The fourth-order valence-corrected chi connectivity index (χ4v) is 2.79. The molecular weight excluding hydrogens is 210 g/mol. The molecule has 98 valence electrons. The van der Waals surface area contributed by atoms with Crippen LogP contribution in [0.1, 0.15) is 45.4 Å². The average molecular weight is 237 g/mol. The van der Waals surface area contributed by atoms with Gasteiger partial charge in [0, 0.05) is 19.5 Å². The van der Waals surface area contributed by atoms with Gasteiger partial charge in [0.25, 0.3) is 0 Å². The molecule has 0 saturated carbocycles. The normalized spacial score (nSPS) is 24.2. The van der Waals surface area contributed by atoms with Crippen molar-refractivity contribution in [1.29, 1.82) is 0 Å². The molecule has 0 aliphatic carbocycles. The Bertz CT molecular complexity index is 242. The second kappa shape index (κ2) is 7.00. The number of hydrogen-bond donors (Lipinski definition) is 1. The molecular formula is C14H27N3. The van der Waals surface area contributed by atoms with Gasteiger partial charge in [0.15, 0.2) is 0 Å². The van der Waals surface area contributed by atoms with Gasteiger partial charge in [-0.1, -0.05) is 13.3 Å². The Hall–Kier alpha value is -0.570. The molecule has 0 aromatic heterocycles. The van der Waals surface area contributed by atoms with Crippen LogP contribution in [0.15, 0.2) is 4.99 Å². The van der Waals surface area contributed by atoms with Crippen LogP contribution in [0.5, 0.6) is 0 Å². The molecule has 1 saturated heterocycles. The predicted molar refractivity (Wildman–Crippen MR) is 73.6 cm³/mol. The van der Waals surface area contributed by atoms with Gasteiger partial charge in [-0.25, -0.2) is 0 Å². The number of amidine groups is 1. The number of rotatable bonds is 3. The third kappa shape index (κ3) is 4.30. The highest BCUT2D eigenvalue weighted by Gasteiger charge is 2.18. The first-order chi connectivity index (χ1) is 8.38. The van der Waals surface area contributed by atoms with Crippen LogP contribution in [-0.2, 0) is 0 Å². The lowest BCUT2D eigenvalue weighted by molar-refractivity contribution is 0.193. The van der Waals surface area contributed by atoms with E-state index >= 15 is 0 Å². The lowest BCUT2D eigenvalue weighted by Gasteiger charge is -2.31. The Morgan fingerprint density at radius 3 is 2.82 bits per heavy atom. The molecule has 0 bridgehead atoms. The topological polar surface area (TPSA) is 27.6 Å². The molecule has 2 aliphatic rings. The van der Waals surface area contributed by atoms with Crippen molar-refractivity contribution in [1.82, 2.24) is 10.2 Å². The molecule has 0 spiro atoms. The standard InChI is InChI=1S/C14H27N3/c1-2-17-10-7-13(8-11-17)12-16-14-6-4-3-5-9-15-14/h13H,2-12H2,1H3,(H,15,16). The molecule has 0 amide bonds. The van der Waals surface area contributed by atoms with E-state index in [1.165, 1.54) is 64.0 Å². The van der Waals surface area contributed by atoms with Gasteiger partial charge in [-0.2, -0.15) is 0 Å². The minimum Gasteiger partial charge on any atom is -0.374 e. The molecule has 2 aliphatic heterocycles. The minimum absolute atomic E-state index is 0.865. The van der Waals surface area contributed by atoms with Gasteiger partial charge >= 0.3 is 0 Å². The van der Waals surface area contributed by atoms with E-state index in [1.807, 2.05) is 0 Å². The van der Waals surface area contributed by atoms with Crippen molar-refractivity contribution in [3.8, 4) is 0 Å². The number of hydrogen-bond acceptors (Lipinski definition) is 3. The summed E-state index contributed by atoms with van der Waals surface area (Å²) in [5.41, 5.74) is 0. The van der Waals surface area contributed by atoms with E-state index in [0.717, 1.165) is 19.0 Å². The van der Waals surface area contributed by atoms with Crippen LogP contribution in [0.4, 0.5) is 0 Å². The summed E-state index contributed by atoms with van der Waals surface area (Å²) in [6.07, 6.45) is 7.83. The molecule has 0 atom stereocenters. The van der Waals surface area contributed by atoms with Crippen molar-refractivity contribution in [2.75, 3.05) is 32.7 Å². The predicted octanol–water partition coefficient (Wildman–Crippen LogP) is 2.28. The average Bonchev–Trinajstić information content (AvgIpc) is 2.65. The lowest BCUT2D eigenvalue weighted by Crippen LogP contribution is -2.38. The Morgan fingerprint density at radius 1 is 1.24 bits per heavy atom. The van der Waals surface area contributed by atoms with Gasteiger partial charge in [-0.15, -0.1) is 0 Å². The van der Waals surface area contributed by atoms with E-state index in [1.54, 1.807) is 0 Å². The van der Waals surface area contributed by atoms with E-state index in [0.29, 0.717) is 0 Å². The smallest absolute Gasteiger partial charge is 0.0963 e.